The maximum atomic E-state index is 11.6. The fourth-order valence-corrected chi connectivity index (χ4v) is 3.59. The largest absolute Gasteiger partial charge is 0.324 e. The normalized spacial score (nSPS) is 15.2. The Labute approximate surface area is 123 Å². The van der Waals surface area contributed by atoms with Crippen LogP contribution in [-0.2, 0) is 11.2 Å². The summed E-state index contributed by atoms with van der Waals surface area (Å²) in [5.74, 6) is 0.117. The molecule has 1 aliphatic heterocycles. The molecule has 1 amide bonds. The summed E-state index contributed by atoms with van der Waals surface area (Å²) in [6.07, 6.45) is 0.939. The summed E-state index contributed by atoms with van der Waals surface area (Å²) in [5.41, 5.74) is 9.45. The summed E-state index contributed by atoms with van der Waals surface area (Å²) in [6, 6.07) is 10.7. The Morgan fingerprint density at radius 3 is 2.80 bits per heavy atom. The summed E-state index contributed by atoms with van der Waals surface area (Å²) in [4.78, 5) is 15.8. The average Bonchev–Trinajstić information content (AvgIpc) is 3.04. The molecule has 1 unspecified atom stereocenters. The van der Waals surface area contributed by atoms with Crippen molar-refractivity contribution in [2.75, 3.05) is 11.4 Å². The van der Waals surface area contributed by atoms with Gasteiger partial charge in [-0.15, -0.1) is 11.3 Å². The highest BCUT2D eigenvalue weighted by Crippen LogP contribution is 2.35. The second-order valence-corrected chi connectivity index (χ2v) is 6.37. The van der Waals surface area contributed by atoms with Crippen molar-refractivity contribution in [3.05, 3.63) is 40.8 Å². The Bertz CT molecular complexity index is 660. The Balaban J connectivity index is 1.95. The van der Waals surface area contributed by atoms with Crippen LogP contribution in [0.4, 0.5) is 5.69 Å². The molecule has 1 aromatic carbocycles. The third kappa shape index (κ3) is 2.25. The quantitative estimate of drug-likeness (QED) is 0.920. The number of fused-ring (bicyclic) bond motifs is 1. The lowest BCUT2D eigenvalue weighted by Crippen LogP contribution is -2.25. The molecule has 2 N–H and O–H groups in total. The first kappa shape index (κ1) is 13.3. The highest BCUT2D eigenvalue weighted by molar-refractivity contribution is 7.15. The molecule has 1 aromatic heterocycles. The zero-order valence-electron chi connectivity index (χ0n) is 11.7. The van der Waals surface area contributed by atoms with E-state index in [0.29, 0.717) is 0 Å². The topological polar surface area (TPSA) is 46.3 Å². The predicted molar refractivity (Wildman–Crippen MR) is 84.1 cm³/mol. The summed E-state index contributed by atoms with van der Waals surface area (Å²) in [7, 11) is 0. The van der Waals surface area contributed by atoms with Crippen LogP contribution in [0.15, 0.2) is 30.3 Å². The lowest BCUT2D eigenvalue weighted by Gasteiger charge is -2.14. The van der Waals surface area contributed by atoms with Crippen molar-refractivity contribution < 1.29 is 4.79 Å². The molecule has 3 nitrogen and oxygen atoms in total. The number of benzene rings is 1. The summed E-state index contributed by atoms with van der Waals surface area (Å²) >= 11 is 1.74. The van der Waals surface area contributed by atoms with Gasteiger partial charge in [-0.25, -0.2) is 0 Å². The maximum Gasteiger partial charge on any atom is 0.223 e. The van der Waals surface area contributed by atoms with E-state index in [2.05, 4.69) is 30.3 Å². The van der Waals surface area contributed by atoms with Crippen LogP contribution in [0.5, 0.6) is 0 Å². The maximum absolute atomic E-state index is 11.6. The Morgan fingerprint density at radius 2 is 2.15 bits per heavy atom. The van der Waals surface area contributed by atoms with E-state index < -0.39 is 0 Å². The highest BCUT2D eigenvalue weighted by atomic mass is 32.1. The number of rotatable bonds is 2. The Hall–Kier alpha value is -1.65. The van der Waals surface area contributed by atoms with Crippen molar-refractivity contribution in [2.45, 2.75) is 26.3 Å². The molecule has 0 bridgehead atoms. The Morgan fingerprint density at radius 1 is 1.35 bits per heavy atom. The molecule has 3 rings (SSSR count). The standard InChI is InChI=1S/C16H18N2OS/c1-10(17)15-5-6-16(20-15)13-3-4-14-12(9-13)7-8-18(14)11(2)19/h3-6,9-10H,7-8,17H2,1-2H3. The SMILES string of the molecule is CC(=O)N1CCc2cc(-c3ccc(C(C)N)s3)ccc21. The van der Waals surface area contributed by atoms with Gasteiger partial charge in [0.05, 0.1) is 0 Å². The first-order valence-corrected chi connectivity index (χ1v) is 7.64. The molecule has 0 saturated heterocycles. The van der Waals surface area contributed by atoms with E-state index in [0.717, 1.165) is 18.7 Å². The van der Waals surface area contributed by atoms with Crippen molar-refractivity contribution in [1.82, 2.24) is 0 Å². The molecule has 0 aliphatic carbocycles. The van der Waals surface area contributed by atoms with Crippen LogP contribution in [0.1, 0.15) is 30.3 Å². The molecule has 0 radical (unpaired) electrons. The molecule has 1 atom stereocenters. The lowest BCUT2D eigenvalue weighted by molar-refractivity contribution is -0.116. The van der Waals surface area contributed by atoms with Crippen LogP contribution in [0.3, 0.4) is 0 Å². The second-order valence-electron chi connectivity index (χ2n) is 5.25. The molecule has 20 heavy (non-hydrogen) atoms. The predicted octanol–water partition coefficient (Wildman–Crippen LogP) is 3.34. The monoisotopic (exact) mass is 286 g/mol. The minimum Gasteiger partial charge on any atom is -0.324 e. The van der Waals surface area contributed by atoms with Gasteiger partial charge in [0.25, 0.3) is 0 Å². The number of carbonyl (C=O) groups excluding carboxylic acids is 1. The first-order valence-electron chi connectivity index (χ1n) is 6.83. The van der Waals surface area contributed by atoms with E-state index in [1.54, 1.807) is 18.3 Å². The zero-order valence-corrected chi connectivity index (χ0v) is 12.5. The number of thiophene rings is 1. The van der Waals surface area contributed by atoms with E-state index in [1.165, 1.54) is 20.9 Å². The van der Waals surface area contributed by atoms with E-state index in [4.69, 9.17) is 5.73 Å². The zero-order chi connectivity index (χ0) is 14.3. The third-order valence-corrected chi connectivity index (χ3v) is 5.05. The van der Waals surface area contributed by atoms with Gasteiger partial charge in [-0.3, -0.25) is 4.79 Å². The van der Waals surface area contributed by atoms with Gasteiger partial charge in [0.15, 0.2) is 0 Å². The van der Waals surface area contributed by atoms with E-state index in [1.807, 2.05) is 11.8 Å². The van der Waals surface area contributed by atoms with Gasteiger partial charge in [-0.05, 0) is 48.7 Å². The fourth-order valence-electron chi connectivity index (χ4n) is 2.63. The molecule has 1 aliphatic rings. The van der Waals surface area contributed by atoms with Crippen molar-refractivity contribution in [3.63, 3.8) is 0 Å². The van der Waals surface area contributed by atoms with Crippen LogP contribution in [0.2, 0.25) is 0 Å². The van der Waals surface area contributed by atoms with Crippen LogP contribution < -0.4 is 10.6 Å². The molecule has 0 fully saturated rings. The number of amides is 1. The van der Waals surface area contributed by atoms with E-state index >= 15 is 0 Å². The third-order valence-electron chi connectivity index (χ3n) is 3.72. The van der Waals surface area contributed by atoms with Crippen molar-refractivity contribution >= 4 is 22.9 Å². The second kappa shape index (κ2) is 5.04. The molecule has 104 valence electrons. The van der Waals surface area contributed by atoms with E-state index in [-0.39, 0.29) is 11.9 Å². The van der Waals surface area contributed by atoms with Gasteiger partial charge in [0.1, 0.15) is 0 Å². The summed E-state index contributed by atoms with van der Waals surface area (Å²) in [6.45, 7) is 4.42. The molecule has 0 saturated carbocycles. The molecule has 2 heterocycles. The molecular formula is C16H18N2OS. The molecular weight excluding hydrogens is 268 g/mol. The number of hydrogen-bond donors (Lipinski definition) is 1. The number of carbonyl (C=O) groups is 1. The first-order chi connectivity index (χ1) is 9.56. The minimum atomic E-state index is 0.0800. The Kier molecular flexibility index (Phi) is 3.36. The van der Waals surface area contributed by atoms with Gasteiger partial charge in [0.2, 0.25) is 5.91 Å². The van der Waals surface area contributed by atoms with Gasteiger partial charge < -0.3 is 10.6 Å². The molecule has 2 aromatic rings. The van der Waals surface area contributed by atoms with Crippen LogP contribution in [0.25, 0.3) is 10.4 Å². The van der Waals surface area contributed by atoms with Crippen molar-refractivity contribution in [2.24, 2.45) is 5.73 Å². The number of nitrogens with zero attached hydrogens (tertiary/aromatic N) is 1. The van der Waals surface area contributed by atoms with Gasteiger partial charge in [-0.2, -0.15) is 0 Å². The van der Waals surface area contributed by atoms with Crippen LogP contribution in [-0.4, -0.2) is 12.5 Å². The molecule has 0 spiro atoms. The summed E-state index contributed by atoms with van der Waals surface area (Å²) in [5, 5.41) is 0. The van der Waals surface area contributed by atoms with Crippen molar-refractivity contribution in [1.29, 1.82) is 0 Å². The van der Waals surface area contributed by atoms with E-state index in [9.17, 15) is 4.79 Å². The van der Waals surface area contributed by atoms with Gasteiger partial charge >= 0.3 is 0 Å². The van der Waals surface area contributed by atoms with Gasteiger partial charge in [0, 0.05) is 35.0 Å². The number of anilines is 1. The van der Waals surface area contributed by atoms with Crippen LogP contribution >= 0.6 is 11.3 Å². The lowest BCUT2D eigenvalue weighted by atomic mass is 10.1. The van der Waals surface area contributed by atoms with Gasteiger partial charge in [-0.1, -0.05) is 6.07 Å². The summed E-state index contributed by atoms with van der Waals surface area (Å²) < 4.78 is 0. The minimum absolute atomic E-state index is 0.0800. The number of nitrogens with two attached hydrogens (primary N) is 1. The number of hydrogen-bond acceptors (Lipinski definition) is 3. The average molecular weight is 286 g/mol. The fraction of sp³-hybridized carbons (Fsp3) is 0.312. The highest BCUT2D eigenvalue weighted by Gasteiger charge is 2.22. The smallest absolute Gasteiger partial charge is 0.223 e. The van der Waals surface area contributed by atoms with Crippen molar-refractivity contribution in [3.8, 4) is 10.4 Å². The van der Waals surface area contributed by atoms with Crippen LogP contribution in [0, 0.1) is 0 Å². The molecule has 4 heteroatoms.